The summed E-state index contributed by atoms with van der Waals surface area (Å²) in [7, 11) is -3.30. The summed E-state index contributed by atoms with van der Waals surface area (Å²) in [6, 6.07) is 2.31. The van der Waals surface area contributed by atoms with E-state index in [1.807, 2.05) is 0 Å². The molecule has 43 heavy (non-hydrogen) atoms. The van der Waals surface area contributed by atoms with Crippen LogP contribution in [0.15, 0.2) is 34.8 Å². The van der Waals surface area contributed by atoms with Gasteiger partial charge in [-0.1, -0.05) is 24.3 Å². The highest BCUT2D eigenvalue weighted by molar-refractivity contribution is 7.92. The number of aliphatic carboxylic acids is 1. The molecule has 0 radical (unpaired) electrons. The quantitative estimate of drug-likeness (QED) is 0.377. The van der Waals surface area contributed by atoms with Crippen molar-refractivity contribution in [3.63, 3.8) is 0 Å². The molecule has 0 saturated carbocycles. The summed E-state index contributed by atoms with van der Waals surface area (Å²) in [6.07, 6.45) is -1.21. The summed E-state index contributed by atoms with van der Waals surface area (Å²) in [6.45, 7) is 1.71. The number of aromatic nitrogens is 2. The molecule has 2 saturated heterocycles. The van der Waals surface area contributed by atoms with Crippen molar-refractivity contribution in [3.8, 4) is 0 Å². The lowest BCUT2D eigenvalue weighted by Crippen LogP contribution is -2.44. The number of carboxylic acid groups (broad SMARTS) is 1. The molecule has 4 heterocycles. The average Bonchev–Trinajstić information content (AvgIpc) is 3.61. The SMILES string of the molecule is CC1CCN(C(Cc2cc3ccnc(N)c3cc2C(F)(F)F)C(=O)O)C1=O.CS(=O)(=O)c1cnc(N2CCC(F)(F)C2)s1. The van der Waals surface area contributed by atoms with Crippen LogP contribution in [0.1, 0.15) is 30.9 Å². The molecule has 10 nitrogen and oxygen atoms in total. The number of halogens is 5. The maximum absolute atomic E-state index is 13.6. The Hall–Kier alpha value is -3.60. The molecule has 1 amide bonds. The van der Waals surface area contributed by atoms with Crippen LogP contribution in [0.4, 0.5) is 32.9 Å². The van der Waals surface area contributed by atoms with E-state index in [9.17, 15) is 45.1 Å². The number of carbonyl (C=O) groups is 2. The first-order valence-corrected chi connectivity index (χ1v) is 15.6. The van der Waals surface area contributed by atoms with E-state index in [-0.39, 0.29) is 58.9 Å². The van der Waals surface area contributed by atoms with E-state index >= 15 is 0 Å². The van der Waals surface area contributed by atoms with Gasteiger partial charge in [0.2, 0.25) is 5.91 Å². The Balaban J connectivity index is 0.000000225. The lowest BCUT2D eigenvalue weighted by atomic mass is 9.95. The summed E-state index contributed by atoms with van der Waals surface area (Å²) in [5, 5.41) is 10.5. The van der Waals surface area contributed by atoms with Crippen molar-refractivity contribution in [1.82, 2.24) is 14.9 Å². The summed E-state index contributed by atoms with van der Waals surface area (Å²) >= 11 is 0.931. The molecule has 2 aromatic heterocycles. The van der Waals surface area contributed by atoms with Gasteiger partial charge in [-0.3, -0.25) is 4.79 Å². The Morgan fingerprint density at radius 3 is 2.47 bits per heavy atom. The summed E-state index contributed by atoms with van der Waals surface area (Å²) in [4.78, 5) is 34.1. The van der Waals surface area contributed by atoms with Crippen LogP contribution in [-0.4, -0.2) is 78.1 Å². The number of thiazole rings is 1. The van der Waals surface area contributed by atoms with Gasteiger partial charge in [0.05, 0.1) is 18.3 Å². The highest BCUT2D eigenvalue weighted by atomic mass is 32.2. The predicted molar refractivity (Wildman–Crippen MR) is 149 cm³/mol. The van der Waals surface area contributed by atoms with Gasteiger partial charge in [-0.05, 0) is 29.5 Å². The second kappa shape index (κ2) is 11.8. The first-order chi connectivity index (χ1) is 19.9. The van der Waals surface area contributed by atoms with Crippen LogP contribution < -0.4 is 10.6 Å². The van der Waals surface area contributed by atoms with Gasteiger partial charge >= 0.3 is 12.1 Å². The lowest BCUT2D eigenvalue weighted by Gasteiger charge is -2.26. The van der Waals surface area contributed by atoms with E-state index in [1.54, 1.807) is 6.92 Å². The number of nitrogens with zero attached hydrogens (tertiary/aromatic N) is 4. The Bertz CT molecular complexity index is 1650. The van der Waals surface area contributed by atoms with Crippen LogP contribution >= 0.6 is 11.3 Å². The molecule has 0 spiro atoms. The number of nitrogens with two attached hydrogens (primary N) is 1. The van der Waals surface area contributed by atoms with Gasteiger partial charge in [0.1, 0.15) is 16.1 Å². The topological polar surface area (TPSA) is 147 Å². The fraction of sp³-hybridized carbons (Fsp3) is 0.462. The Morgan fingerprint density at radius 2 is 1.95 bits per heavy atom. The molecule has 2 aliphatic rings. The van der Waals surface area contributed by atoms with Gasteiger partial charge in [-0.15, -0.1) is 0 Å². The maximum Gasteiger partial charge on any atom is 0.416 e. The summed E-state index contributed by atoms with van der Waals surface area (Å²) in [5.41, 5.74) is 4.51. The number of alkyl halides is 5. The van der Waals surface area contributed by atoms with Crippen molar-refractivity contribution in [2.24, 2.45) is 5.92 Å². The highest BCUT2D eigenvalue weighted by Crippen LogP contribution is 2.37. The maximum atomic E-state index is 13.6. The number of carboxylic acids is 1. The monoisotopic (exact) mass is 649 g/mol. The van der Waals surface area contributed by atoms with Crippen LogP contribution in [0.2, 0.25) is 0 Å². The summed E-state index contributed by atoms with van der Waals surface area (Å²) < 4.78 is 89.1. The Labute approximate surface area is 247 Å². The number of rotatable bonds is 6. The first-order valence-electron chi connectivity index (χ1n) is 12.9. The molecule has 2 aliphatic heterocycles. The third kappa shape index (κ3) is 7.31. The Morgan fingerprint density at radius 1 is 1.26 bits per heavy atom. The fourth-order valence-electron chi connectivity index (χ4n) is 4.89. The summed E-state index contributed by atoms with van der Waals surface area (Å²) in [5.74, 6) is -4.76. The van der Waals surface area contributed by atoms with E-state index in [1.165, 1.54) is 29.4 Å². The van der Waals surface area contributed by atoms with E-state index in [2.05, 4.69) is 9.97 Å². The largest absolute Gasteiger partial charge is 0.480 e. The van der Waals surface area contributed by atoms with Gasteiger partial charge in [-0.2, -0.15) is 13.2 Å². The molecule has 2 fully saturated rings. The number of likely N-dealkylation sites (tertiary alicyclic amines) is 1. The molecular formula is C26H28F5N5O5S2. The van der Waals surface area contributed by atoms with Gasteiger partial charge < -0.3 is 20.6 Å². The number of hydrogen-bond acceptors (Lipinski definition) is 9. The number of benzene rings is 1. The molecule has 3 aromatic rings. The van der Waals surface area contributed by atoms with Gasteiger partial charge in [0.25, 0.3) is 5.92 Å². The molecule has 3 N–H and O–H groups in total. The van der Waals surface area contributed by atoms with Crippen molar-refractivity contribution < 1.29 is 45.1 Å². The van der Waals surface area contributed by atoms with Crippen molar-refractivity contribution >= 4 is 54.8 Å². The minimum Gasteiger partial charge on any atom is -0.480 e. The van der Waals surface area contributed by atoms with Crippen LogP contribution in [0, 0.1) is 5.92 Å². The Kier molecular flexibility index (Phi) is 8.89. The number of amides is 1. The predicted octanol–water partition coefficient (Wildman–Crippen LogP) is 4.09. The third-order valence-electron chi connectivity index (χ3n) is 7.18. The van der Waals surface area contributed by atoms with E-state index in [0.29, 0.717) is 16.9 Å². The number of fused-ring (bicyclic) bond motifs is 1. The van der Waals surface area contributed by atoms with Gasteiger partial charge in [0, 0.05) is 49.7 Å². The van der Waals surface area contributed by atoms with E-state index < -0.39 is 45.9 Å². The normalized spacial score (nSPS) is 19.4. The number of sulfone groups is 1. The van der Waals surface area contributed by atoms with Crippen LogP contribution in [-0.2, 0) is 32.0 Å². The first kappa shape index (κ1) is 32.3. The molecule has 5 rings (SSSR count). The zero-order valence-corrected chi connectivity index (χ0v) is 24.6. The molecular weight excluding hydrogens is 621 g/mol. The molecule has 1 aromatic carbocycles. The van der Waals surface area contributed by atoms with Crippen molar-refractivity contribution in [3.05, 3.63) is 41.7 Å². The lowest BCUT2D eigenvalue weighted by molar-refractivity contribution is -0.149. The standard InChI is InChI=1S/C18H18F3N3O3.C8H10F2N2O2S2/c1-9-3-5-24(16(9)25)14(17(26)27)7-11-6-10-2-4-23-15(22)12(10)8-13(11)18(19,20)21;1-16(13,14)6-4-11-7(15-6)12-3-2-8(9,10)5-12/h2,4,6,8-9,14H,3,5,7H2,1H3,(H2,22,23)(H,26,27);4H,2-3,5H2,1H3. The van der Waals surface area contributed by atoms with Crippen molar-refractivity contribution in [1.29, 1.82) is 0 Å². The molecule has 17 heteroatoms. The number of anilines is 2. The number of pyridine rings is 1. The molecule has 2 atom stereocenters. The van der Waals surface area contributed by atoms with Crippen molar-refractivity contribution in [2.45, 2.75) is 48.5 Å². The molecule has 0 bridgehead atoms. The molecule has 2 unspecified atom stereocenters. The third-order valence-corrected chi connectivity index (χ3v) is 10.0. The van der Waals surface area contributed by atoms with E-state index in [0.717, 1.165) is 28.6 Å². The van der Waals surface area contributed by atoms with Gasteiger partial charge in [0.15, 0.2) is 15.0 Å². The van der Waals surface area contributed by atoms with Crippen molar-refractivity contribution in [2.75, 3.05) is 36.5 Å². The van der Waals surface area contributed by atoms with Crippen LogP contribution in [0.5, 0.6) is 0 Å². The van der Waals surface area contributed by atoms with Gasteiger partial charge in [-0.25, -0.2) is 32.0 Å². The number of nitrogen functional groups attached to an aromatic ring is 1. The average molecular weight is 650 g/mol. The minimum absolute atomic E-state index is 0.0390. The molecule has 234 valence electrons. The second-order valence-electron chi connectivity index (χ2n) is 10.5. The van der Waals surface area contributed by atoms with Crippen LogP contribution in [0.3, 0.4) is 0 Å². The van der Waals surface area contributed by atoms with E-state index in [4.69, 9.17) is 5.73 Å². The molecule has 0 aliphatic carbocycles. The second-order valence-corrected chi connectivity index (χ2v) is 13.7. The smallest absolute Gasteiger partial charge is 0.416 e. The number of carbonyl (C=O) groups excluding carboxylic acids is 1. The zero-order chi connectivity index (χ0) is 31.9. The number of hydrogen-bond donors (Lipinski definition) is 2. The minimum atomic E-state index is -4.70. The zero-order valence-electron chi connectivity index (χ0n) is 22.9. The van der Waals surface area contributed by atoms with Crippen LogP contribution in [0.25, 0.3) is 10.8 Å². The fourth-order valence-corrected chi connectivity index (χ4v) is 6.64. The highest BCUT2D eigenvalue weighted by Gasteiger charge is 2.41.